The van der Waals surface area contributed by atoms with E-state index in [0.717, 1.165) is 0 Å². The van der Waals surface area contributed by atoms with Crippen LogP contribution in [0.2, 0.25) is 5.02 Å². The molecule has 0 saturated heterocycles. The lowest BCUT2D eigenvalue weighted by atomic mass is 10.1. The van der Waals surface area contributed by atoms with Gasteiger partial charge in [0.2, 0.25) is 5.91 Å². The Hall–Kier alpha value is -2.58. The van der Waals surface area contributed by atoms with E-state index in [1.165, 1.54) is 0 Å². The maximum absolute atomic E-state index is 12.2. The number of ether oxygens (including phenoxy) is 1. The van der Waals surface area contributed by atoms with Crippen LogP contribution in [0.1, 0.15) is 6.92 Å². The van der Waals surface area contributed by atoms with Crippen molar-refractivity contribution in [3.05, 3.63) is 40.6 Å². The third kappa shape index (κ3) is 5.47. The van der Waals surface area contributed by atoms with Crippen LogP contribution in [0, 0.1) is 0 Å². The standard InChI is InChI=1S/C17H21ClN4O4/c1-3-26-16(24)11-8-19-17(25)21-14(11)9-22(2)10-15(23)20-13-7-5-4-6-12(13)18/h4-7H,3,8-10H2,1-2H3,(H,20,23)(H2,19,21,25). The Morgan fingerprint density at radius 2 is 2.08 bits per heavy atom. The second kappa shape index (κ2) is 9.21. The average molecular weight is 381 g/mol. The van der Waals surface area contributed by atoms with E-state index in [1.54, 1.807) is 43.1 Å². The summed E-state index contributed by atoms with van der Waals surface area (Å²) >= 11 is 6.02. The van der Waals surface area contributed by atoms with Crippen molar-refractivity contribution in [2.75, 3.05) is 38.6 Å². The van der Waals surface area contributed by atoms with Gasteiger partial charge < -0.3 is 20.7 Å². The van der Waals surface area contributed by atoms with Gasteiger partial charge in [0.25, 0.3) is 0 Å². The van der Waals surface area contributed by atoms with Crippen molar-refractivity contribution in [3.63, 3.8) is 0 Å². The summed E-state index contributed by atoms with van der Waals surface area (Å²) in [4.78, 5) is 37.4. The van der Waals surface area contributed by atoms with E-state index in [2.05, 4.69) is 16.0 Å². The zero-order valence-corrected chi connectivity index (χ0v) is 15.4. The highest BCUT2D eigenvalue weighted by Crippen LogP contribution is 2.20. The first-order valence-electron chi connectivity index (χ1n) is 8.07. The Kier molecular flexibility index (Phi) is 6.99. The summed E-state index contributed by atoms with van der Waals surface area (Å²) in [5.74, 6) is -0.761. The number of anilines is 1. The van der Waals surface area contributed by atoms with Crippen LogP contribution in [0.15, 0.2) is 35.5 Å². The first kappa shape index (κ1) is 19.7. The van der Waals surface area contributed by atoms with Crippen LogP contribution in [-0.4, -0.2) is 56.1 Å². The normalized spacial score (nSPS) is 13.9. The topological polar surface area (TPSA) is 99.8 Å². The molecule has 1 aliphatic heterocycles. The van der Waals surface area contributed by atoms with E-state index in [0.29, 0.717) is 22.0 Å². The Bertz CT molecular complexity index is 735. The van der Waals surface area contributed by atoms with Gasteiger partial charge in [0.05, 0.1) is 36.0 Å². The molecule has 2 rings (SSSR count). The minimum absolute atomic E-state index is 0.0497. The molecule has 26 heavy (non-hydrogen) atoms. The Balaban J connectivity index is 2.00. The molecule has 1 aromatic carbocycles. The molecule has 0 unspecified atom stereocenters. The SMILES string of the molecule is CCOC(=O)C1=C(CN(C)CC(=O)Nc2ccccc2Cl)NC(=O)NC1. The lowest BCUT2D eigenvalue weighted by Gasteiger charge is -2.25. The van der Waals surface area contributed by atoms with Crippen molar-refractivity contribution in [2.45, 2.75) is 6.92 Å². The molecule has 0 radical (unpaired) electrons. The van der Waals surface area contributed by atoms with Crippen molar-refractivity contribution in [3.8, 4) is 0 Å². The molecule has 3 N–H and O–H groups in total. The lowest BCUT2D eigenvalue weighted by molar-refractivity contribution is -0.138. The number of para-hydroxylation sites is 1. The van der Waals surface area contributed by atoms with E-state index in [4.69, 9.17) is 16.3 Å². The Morgan fingerprint density at radius 1 is 1.35 bits per heavy atom. The highest BCUT2D eigenvalue weighted by atomic mass is 35.5. The number of halogens is 1. The van der Waals surface area contributed by atoms with Crippen LogP contribution in [0.25, 0.3) is 0 Å². The second-order valence-electron chi connectivity index (χ2n) is 5.69. The third-order valence-corrected chi connectivity index (χ3v) is 3.90. The van der Waals surface area contributed by atoms with Gasteiger partial charge in [0.15, 0.2) is 0 Å². The van der Waals surface area contributed by atoms with Gasteiger partial charge in [-0.3, -0.25) is 9.69 Å². The monoisotopic (exact) mass is 380 g/mol. The average Bonchev–Trinajstić information content (AvgIpc) is 2.57. The molecule has 1 aliphatic rings. The predicted octanol–water partition coefficient (Wildman–Crippen LogP) is 1.34. The van der Waals surface area contributed by atoms with E-state index < -0.39 is 12.0 Å². The number of rotatable bonds is 7. The van der Waals surface area contributed by atoms with Gasteiger partial charge in [-0.1, -0.05) is 23.7 Å². The highest BCUT2D eigenvalue weighted by Gasteiger charge is 2.24. The summed E-state index contributed by atoms with van der Waals surface area (Å²) in [6.07, 6.45) is 0. The van der Waals surface area contributed by atoms with Crippen LogP contribution < -0.4 is 16.0 Å². The lowest BCUT2D eigenvalue weighted by Crippen LogP contribution is -2.47. The molecule has 9 heteroatoms. The van der Waals surface area contributed by atoms with Crippen LogP contribution in [0.5, 0.6) is 0 Å². The van der Waals surface area contributed by atoms with Gasteiger partial charge >= 0.3 is 12.0 Å². The fourth-order valence-corrected chi connectivity index (χ4v) is 2.59. The van der Waals surface area contributed by atoms with Crippen molar-refractivity contribution < 1.29 is 19.1 Å². The summed E-state index contributed by atoms with van der Waals surface area (Å²) in [6, 6.07) is 6.53. The summed E-state index contributed by atoms with van der Waals surface area (Å²) in [5.41, 5.74) is 1.28. The second-order valence-corrected chi connectivity index (χ2v) is 6.09. The number of benzene rings is 1. The summed E-state index contributed by atoms with van der Waals surface area (Å²) in [5, 5.41) is 8.30. The van der Waals surface area contributed by atoms with Crippen molar-refractivity contribution >= 4 is 35.2 Å². The first-order chi connectivity index (χ1) is 12.4. The largest absolute Gasteiger partial charge is 0.463 e. The molecule has 0 bridgehead atoms. The molecule has 0 saturated carbocycles. The zero-order valence-electron chi connectivity index (χ0n) is 14.6. The van der Waals surface area contributed by atoms with E-state index in [-0.39, 0.29) is 32.1 Å². The predicted molar refractivity (Wildman–Crippen MR) is 97.8 cm³/mol. The molecule has 0 atom stereocenters. The van der Waals surface area contributed by atoms with Gasteiger partial charge in [-0.05, 0) is 26.1 Å². The molecule has 0 spiro atoms. The van der Waals surface area contributed by atoms with Gasteiger partial charge in [-0.25, -0.2) is 9.59 Å². The Labute approximate surface area is 156 Å². The fourth-order valence-electron chi connectivity index (χ4n) is 2.40. The summed E-state index contributed by atoms with van der Waals surface area (Å²) < 4.78 is 5.00. The minimum atomic E-state index is -0.496. The smallest absolute Gasteiger partial charge is 0.337 e. The molecule has 1 aromatic rings. The molecule has 0 aliphatic carbocycles. The fraction of sp³-hybridized carbons (Fsp3) is 0.353. The van der Waals surface area contributed by atoms with Crippen LogP contribution in [0.3, 0.4) is 0 Å². The molecule has 3 amide bonds. The quantitative estimate of drug-likeness (QED) is 0.620. The van der Waals surface area contributed by atoms with Gasteiger partial charge in [-0.2, -0.15) is 0 Å². The van der Waals surface area contributed by atoms with Gasteiger partial charge in [0, 0.05) is 12.2 Å². The van der Waals surface area contributed by atoms with E-state index in [1.807, 2.05) is 0 Å². The number of likely N-dealkylation sites (N-methyl/N-ethyl adjacent to an activating group) is 1. The zero-order chi connectivity index (χ0) is 19.1. The van der Waals surface area contributed by atoms with Crippen LogP contribution >= 0.6 is 11.6 Å². The van der Waals surface area contributed by atoms with Crippen LogP contribution in [0.4, 0.5) is 10.5 Å². The molecule has 140 valence electrons. The number of hydrogen-bond acceptors (Lipinski definition) is 5. The summed E-state index contributed by atoms with van der Waals surface area (Å²) in [7, 11) is 1.70. The number of esters is 1. The van der Waals surface area contributed by atoms with E-state index in [9.17, 15) is 14.4 Å². The van der Waals surface area contributed by atoms with Gasteiger partial charge in [-0.15, -0.1) is 0 Å². The molecular weight excluding hydrogens is 360 g/mol. The minimum Gasteiger partial charge on any atom is -0.463 e. The number of urea groups is 1. The van der Waals surface area contributed by atoms with Crippen molar-refractivity contribution in [1.29, 1.82) is 0 Å². The molecule has 0 fully saturated rings. The first-order valence-corrected chi connectivity index (χ1v) is 8.45. The molecule has 0 aromatic heterocycles. The molecule has 1 heterocycles. The number of carbonyl (C=O) groups is 3. The number of hydrogen-bond donors (Lipinski definition) is 3. The number of nitrogens with one attached hydrogen (secondary N) is 3. The van der Waals surface area contributed by atoms with Crippen molar-refractivity contribution in [1.82, 2.24) is 15.5 Å². The highest BCUT2D eigenvalue weighted by molar-refractivity contribution is 6.33. The number of amides is 3. The maximum atomic E-state index is 12.2. The molecular formula is C17H21ClN4O4. The number of carbonyl (C=O) groups excluding carboxylic acids is 3. The third-order valence-electron chi connectivity index (χ3n) is 3.57. The molecule has 8 nitrogen and oxygen atoms in total. The number of nitrogens with zero attached hydrogens (tertiary/aromatic N) is 1. The van der Waals surface area contributed by atoms with Crippen LogP contribution in [-0.2, 0) is 14.3 Å². The summed E-state index contributed by atoms with van der Waals surface area (Å²) in [6.45, 7) is 2.28. The van der Waals surface area contributed by atoms with Crippen molar-refractivity contribution in [2.24, 2.45) is 0 Å². The Morgan fingerprint density at radius 3 is 2.77 bits per heavy atom. The maximum Gasteiger partial charge on any atom is 0.337 e. The van der Waals surface area contributed by atoms with E-state index >= 15 is 0 Å². The van der Waals surface area contributed by atoms with Gasteiger partial charge in [0.1, 0.15) is 0 Å².